The van der Waals surface area contributed by atoms with E-state index in [1.807, 2.05) is 13.8 Å². The Morgan fingerprint density at radius 1 is 1.47 bits per heavy atom. The molecule has 0 saturated carbocycles. The van der Waals surface area contributed by atoms with E-state index in [0.29, 0.717) is 24.1 Å². The van der Waals surface area contributed by atoms with Crippen LogP contribution in [-0.4, -0.2) is 15.8 Å². The van der Waals surface area contributed by atoms with Crippen molar-refractivity contribution in [2.75, 3.05) is 0 Å². The molecular weight excluding hydrogens is 243 g/mol. The Labute approximate surface area is 113 Å². The van der Waals surface area contributed by atoms with Gasteiger partial charge in [-0.05, 0) is 17.7 Å². The number of allylic oxidation sites excluding steroid dienone is 6. The monoisotopic (exact) mass is 262 g/mol. The molecule has 0 unspecified atom stereocenters. The van der Waals surface area contributed by atoms with E-state index in [1.54, 1.807) is 16.7 Å². The molecule has 0 bridgehead atoms. The largest absolute Gasteiger partial charge is 0.324 e. The number of nitrogens with zero attached hydrogens (tertiary/aromatic N) is 2. The highest BCUT2D eigenvalue weighted by atomic mass is 19.1. The molecule has 0 aliphatic heterocycles. The van der Waals surface area contributed by atoms with Crippen LogP contribution in [0.5, 0.6) is 0 Å². The van der Waals surface area contributed by atoms with Crippen LogP contribution in [0.4, 0.5) is 4.39 Å². The van der Waals surface area contributed by atoms with Crippen LogP contribution in [-0.2, 0) is 6.54 Å². The van der Waals surface area contributed by atoms with Gasteiger partial charge < -0.3 is 4.57 Å². The van der Waals surface area contributed by atoms with Gasteiger partial charge in [0.2, 0.25) is 0 Å². The van der Waals surface area contributed by atoms with E-state index in [-0.39, 0.29) is 0 Å². The smallest absolute Gasteiger partial charge is 0.168 e. The van der Waals surface area contributed by atoms with Crippen LogP contribution in [0.25, 0.3) is 0 Å². The summed E-state index contributed by atoms with van der Waals surface area (Å²) in [6.07, 6.45) is 9.34. The minimum Gasteiger partial charge on any atom is -0.324 e. The van der Waals surface area contributed by atoms with Crippen LogP contribution < -0.4 is 0 Å². The first-order valence-electron chi connectivity index (χ1n) is 5.97. The molecule has 4 heteroatoms. The topological polar surface area (TPSA) is 34.9 Å². The number of halogens is 1. The lowest BCUT2D eigenvalue weighted by Crippen LogP contribution is -2.02. The SMILES string of the molecule is C=C/C=C(\C=C(\F)C=C)Cn1cncc1C=O.CC. The fourth-order valence-corrected chi connectivity index (χ4v) is 1.29. The van der Waals surface area contributed by atoms with Gasteiger partial charge in [0.05, 0.1) is 12.5 Å². The number of rotatable bonds is 6. The molecule has 0 aliphatic rings. The van der Waals surface area contributed by atoms with E-state index in [1.165, 1.54) is 18.6 Å². The molecule has 102 valence electrons. The van der Waals surface area contributed by atoms with Gasteiger partial charge in [-0.3, -0.25) is 4.79 Å². The summed E-state index contributed by atoms with van der Waals surface area (Å²) in [5.74, 6) is -0.439. The van der Waals surface area contributed by atoms with Crippen molar-refractivity contribution < 1.29 is 9.18 Å². The Kier molecular flexibility index (Phi) is 8.62. The van der Waals surface area contributed by atoms with Crippen LogP contribution in [0.1, 0.15) is 24.3 Å². The molecule has 1 rings (SSSR count). The number of carbonyl (C=O) groups excluding carboxylic acids is 1. The maximum Gasteiger partial charge on any atom is 0.168 e. The summed E-state index contributed by atoms with van der Waals surface area (Å²) in [6, 6.07) is 0. The Morgan fingerprint density at radius 3 is 2.68 bits per heavy atom. The maximum absolute atomic E-state index is 13.1. The fraction of sp³-hybridized carbons (Fsp3) is 0.200. The molecule has 0 radical (unpaired) electrons. The predicted molar refractivity (Wildman–Crippen MR) is 76.6 cm³/mol. The third kappa shape index (κ3) is 5.77. The van der Waals surface area contributed by atoms with Gasteiger partial charge in [-0.15, -0.1) is 0 Å². The number of aromatic nitrogens is 2. The molecule has 3 nitrogen and oxygen atoms in total. The number of aldehydes is 1. The quantitative estimate of drug-likeness (QED) is 0.576. The number of hydrogen-bond acceptors (Lipinski definition) is 2. The Hall–Kier alpha value is -2.23. The molecule has 1 heterocycles. The highest BCUT2D eigenvalue weighted by Gasteiger charge is 2.02. The number of carbonyl (C=O) groups is 1. The third-order valence-corrected chi connectivity index (χ3v) is 2.07. The summed E-state index contributed by atoms with van der Waals surface area (Å²) in [5, 5.41) is 0. The van der Waals surface area contributed by atoms with Crippen molar-refractivity contribution in [2.24, 2.45) is 0 Å². The summed E-state index contributed by atoms with van der Waals surface area (Å²) in [5.41, 5.74) is 1.10. The van der Waals surface area contributed by atoms with Crippen LogP contribution in [0.2, 0.25) is 0 Å². The minimum absolute atomic E-state index is 0.349. The normalized spacial score (nSPS) is 11.3. The van der Waals surface area contributed by atoms with Gasteiger partial charge in [-0.25, -0.2) is 9.37 Å². The van der Waals surface area contributed by atoms with Crippen molar-refractivity contribution in [3.8, 4) is 0 Å². The van der Waals surface area contributed by atoms with Gasteiger partial charge in [0.15, 0.2) is 6.29 Å². The molecule has 0 saturated heterocycles. The number of imidazole rings is 1. The molecular formula is C15H19FN2O. The van der Waals surface area contributed by atoms with Crippen LogP contribution in [0.3, 0.4) is 0 Å². The second-order valence-electron chi connectivity index (χ2n) is 3.27. The third-order valence-electron chi connectivity index (χ3n) is 2.07. The van der Waals surface area contributed by atoms with E-state index in [0.717, 1.165) is 6.08 Å². The molecule has 1 aromatic heterocycles. The van der Waals surface area contributed by atoms with E-state index in [4.69, 9.17) is 0 Å². The minimum atomic E-state index is -0.439. The molecule has 0 atom stereocenters. The average Bonchev–Trinajstić information content (AvgIpc) is 2.88. The first-order chi connectivity index (χ1) is 9.21. The highest BCUT2D eigenvalue weighted by molar-refractivity contribution is 5.71. The van der Waals surface area contributed by atoms with Gasteiger partial charge in [0.25, 0.3) is 0 Å². The summed E-state index contributed by atoms with van der Waals surface area (Å²) in [7, 11) is 0. The van der Waals surface area contributed by atoms with E-state index in [2.05, 4.69) is 18.1 Å². The zero-order chi connectivity index (χ0) is 14.7. The van der Waals surface area contributed by atoms with Gasteiger partial charge in [-0.1, -0.05) is 39.2 Å². The van der Waals surface area contributed by atoms with Gasteiger partial charge in [0.1, 0.15) is 11.5 Å². The Bertz CT molecular complexity index is 484. The van der Waals surface area contributed by atoms with Crippen LogP contribution >= 0.6 is 0 Å². The second kappa shape index (κ2) is 9.76. The highest BCUT2D eigenvalue weighted by Crippen LogP contribution is 2.09. The molecule has 1 aromatic rings. The maximum atomic E-state index is 13.1. The molecule has 0 aromatic carbocycles. The van der Waals surface area contributed by atoms with E-state index in [9.17, 15) is 9.18 Å². The molecule has 0 fully saturated rings. The summed E-state index contributed by atoms with van der Waals surface area (Å²) in [6.45, 7) is 11.2. The van der Waals surface area contributed by atoms with Crippen molar-refractivity contribution in [2.45, 2.75) is 20.4 Å². The van der Waals surface area contributed by atoms with Crippen LogP contribution in [0.15, 0.2) is 61.4 Å². The Morgan fingerprint density at radius 2 is 2.16 bits per heavy atom. The van der Waals surface area contributed by atoms with E-state index < -0.39 is 5.83 Å². The van der Waals surface area contributed by atoms with Crippen molar-refractivity contribution in [3.05, 3.63) is 67.1 Å². The van der Waals surface area contributed by atoms with Crippen LogP contribution in [0, 0.1) is 0 Å². The Balaban J connectivity index is 0.00000154. The van der Waals surface area contributed by atoms with Crippen molar-refractivity contribution in [3.63, 3.8) is 0 Å². The molecule has 0 amide bonds. The average molecular weight is 262 g/mol. The zero-order valence-electron chi connectivity index (χ0n) is 11.3. The summed E-state index contributed by atoms with van der Waals surface area (Å²) < 4.78 is 14.7. The van der Waals surface area contributed by atoms with Crippen molar-refractivity contribution in [1.29, 1.82) is 0 Å². The summed E-state index contributed by atoms with van der Waals surface area (Å²) in [4.78, 5) is 14.5. The van der Waals surface area contributed by atoms with Crippen molar-refractivity contribution >= 4 is 6.29 Å². The lowest BCUT2D eigenvalue weighted by atomic mass is 10.2. The number of hydrogen-bond donors (Lipinski definition) is 0. The molecule has 0 spiro atoms. The van der Waals surface area contributed by atoms with Gasteiger partial charge in [0, 0.05) is 6.54 Å². The second-order valence-corrected chi connectivity index (χ2v) is 3.27. The lowest BCUT2D eigenvalue weighted by molar-refractivity contribution is 0.111. The molecule has 0 N–H and O–H groups in total. The first-order valence-corrected chi connectivity index (χ1v) is 5.97. The molecule has 19 heavy (non-hydrogen) atoms. The van der Waals surface area contributed by atoms with Gasteiger partial charge in [-0.2, -0.15) is 0 Å². The molecule has 0 aliphatic carbocycles. The van der Waals surface area contributed by atoms with Crippen molar-refractivity contribution in [1.82, 2.24) is 9.55 Å². The standard InChI is InChI=1S/C13H13FN2O.C2H6/c1-3-5-11(6-12(14)4-2)8-16-10-15-7-13(16)9-17;1-2/h3-7,9-10H,1-2,8H2;1-2H3/b11-5+,12-6+;. The van der Waals surface area contributed by atoms with E-state index >= 15 is 0 Å². The predicted octanol–water partition coefficient (Wildman–Crippen LogP) is 3.87. The fourth-order valence-electron chi connectivity index (χ4n) is 1.29. The van der Waals surface area contributed by atoms with Gasteiger partial charge >= 0.3 is 0 Å². The summed E-state index contributed by atoms with van der Waals surface area (Å²) >= 11 is 0. The first kappa shape index (κ1) is 16.8. The lowest BCUT2D eigenvalue weighted by Gasteiger charge is -2.05. The zero-order valence-corrected chi connectivity index (χ0v) is 11.3.